The molecular formula is C19H21F2N3O. The predicted molar refractivity (Wildman–Crippen MR) is 90.7 cm³/mol. The smallest absolute Gasteiger partial charge is 0.282 e. The lowest BCUT2D eigenvalue weighted by atomic mass is 9.97. The number of para-hydroxylation sites is 1. The van der Waals surface area contributed by atoms with Gasteiger partial charge in [0, 0.05) is 18.9 Å². The summed E-state index contributed by atoms with van der Waals surface area (Å²) in [6.45, 7) is 2.32. The van der Waals surface area contributed by atoms with E-state index >= 15 is 0 Å². The van der Waals surface area contributed by atoms with Gasteiger partial charge in [-0.05, 0) is 48.1 Å². The van der Waals surface area contributed by atoms with Gasteiger partial charge in [0.1, 0.15) is 5.69 Å². The molecular weight excluding hydrogens is 324 g/mol. The number of rotatable bonds is 5. The molecule has 2 unspecified atom stereocenters. The van der Waals surface area contributed by atoms with Gasteiger partial charge in [0.05, 0.1) is 5.56 Å². The van der Waals surface area contributed by atoms with Gasteiger partial charge in [-0.15, -0.1) is 0 Å². The highest BCUT2D eigenvalue weighted by atomic mass is 19.3. The SMILES string of the molecule is Cn1cc(C(=O)Nc2ccccc2C2CC2C2(C)CC2)c(C(F)F)n1. The van der Waals surface area contributed by atoms with E-state index < -0.39 is 18.0 Å². The average Bonchev–Trinajstić information content (AvgIpc) is 3.47. The molecule has 0 saturated heterocycles. The summed E-state index contributed by atoms with van der Waals surface area (Å²) < 4.78 is 27.4. The zero-order chi connectivity index (χ0) is 17.8. The monoisotopic (exact) mass is 345 g/mol. The Bertz CT molecular complexity index is 826. The van der Waals surface area contributed by atoms with E-state index in [1.807, 2.05) is 24.3 Å². The molecule has 4 rings (SSSR count). The molecule has 2 aromatic rings. The number of amides is 1. The van der Waals surface area contributed by atoms with Crippen LogP contribution in [0.4, 0.5) is 14.5 Å². The maximum Gasteiger partial charge on any atom is 0.282 e. The van der Waals surface area contributed by atoms with Crippen LogP contribution in [-0.4, -0.2) is 15.7 Å². The summed E-state index contributed by atoms with van der Waals surface area (Å²) in [5.41, 5.74) is 1.72. The Morgan fingerprint density at radius 1 is 1.36 bits per heavy atom. The summed E-state index contributed by atoms with van der Waals surface area (Å²) in [6, 6.07) is 7.69. The van der Waals surface area contributed by atoms with Crippen LogP contribution in [0.25, 0.3) is 0 Å². The number of carbonyl (C=O) groups excluding carboxylic acids is 1. The van der Waals surface area contributed by atoms with E-state index in [-0.39, 0.29) is 5.56 Å². The maximum absolute atomic E-state index is 13.1. The normalized spacial score (nSPS) is 23.6. The van der Waals surface area contributed by atoms with Crippen molar-refractivity contribution in [2.75, 3.05) is 5.32 Å². The van der Waals surface area contributed by atoms with Crippen molar-refractivity contribution >= 4 is 11.6 Å². The van der Waals surface area contributed by atoms with Crippen LogP contribution >= 0.6 is 0 Å². The number of hydrogen-bond donors (Lipinski definition) is 1. The summed E-state index contributed by atoms with van der Waals surface area (Å²) in [4.78, 5) is 12.5. The molecule has 1 heterocycles. The molecule has 4 nitrogen and oxygen atoms in total. The van der Waals surface area contributed by atoms with Crippen molar-refractivity contribution in [3.05, 3.63) is 47.3 Å². The standard InChI is InChI=1S/C19H21F2N3O/c1-19(7-8-19)14-9-12(14)11-5-3-4-6-15(11)22-18(25)13-10-24(2)23-16(13)17(20)21/h3-6,10,12,14,17H,7-9H2,1-2H3,(H,22,25). The molecule has 0 aliphatic heterocycles. The first-order valence-electron chi connectivity index (χ1n) is 8.61. The lowest BCUT2D eigenvalue weighted by molar-refractivity contribution is 0.101. The summed E-state index contributed by atoms with van der Waals surface area (Å²) in [7, 11) is 1.53. The van der Waals surface area contributed by atoms with E-state index in [0.29, 0.717) is 22.9 Å². The Hall–Kier alpha value is -2.24. The van der Waals surface area contributed by atoms with Crippen LogP contribution in [0.2, 0.25) is 0 Å². The minimum atomic E-state index is -2.78. The number of anilines is 1. The first-order valence-corrected chi connectivity index (χ1v) is 8.61. The zero-order valence-electron chi connectivity index (χ0n) is 14.3. The Morgan fingerprint density at radius 2 is 2.08 bits per heavy atom. The highest BCUT2D eigenvalue weighted by molar-refractivity contribution is 6.05. The Balaban J connectivity index is 1.57. The van der Waals surface area contributed by atoms with Gasteiger partial charge >= 0.3 is 0 Å². The van der Waals surface area contributed by atoms with Crippen LogP contribution in [0.5, 0.6) is 0 Å². The molecule has 2 atom stereocenters. The van der Waals surface area contributed by atoms with Crippen molar-refractivity contribution in [3.8, 4) is 0 Å². The first-order chi connectivity index (χ1) is 11.9. The lowest BCUT2D eigenvalue weighted by Gasteiger charge is -2.13. The van der Waals surface area contributed by atoms with Gasteiger partial charge in [-0.3, -0.25) is 9.48 Å². The summed E-state index contributed by atoms with van der Waals surface area (Å²) >= 11 is 0. The van der Waals surface area contributed by atoms with E-state index in [1.54, 1.807) is 0 Å². The molecule has 1 aromatic heterocycles. The third-order valence-electron chi connectivity index (χ3n) is 5.64. The van der Waals surface area contributed by atoms with Gasteiger partial charge in [-0.2, -0.15) is 5.10 Å². The topological polar surface area (TPSA) is 46.9 Å². The number of aromatic nitrogens is 2. The van der Waals surface area contributed by atoms with Crippen molar-refractivity contribution < 1.29 is 13.6 Å². The minimum absolute atomic E-state index is 0.0752. The number of carbonyl (C=O) groups is 1. The van der Waals surface area contributed by atoms with Gasteiger partial charge < -0.3 is 5.32 Å². The van der Waals surface area contributed by atoms with Crippen LogP contribution < -0.4 is 5.32 Å². The summed E-state index contributed by atoms with van der Waals surface area (Å²) in [6.07, 6.45) is 2.25. The average molecular weight is 345 g/mol. The van der Waals surface area contributed by atoms with Crippen LogP contribution in [0, 0.1) is 11.3 Å². The van der Waals surface area contributed by atoms with Crippen molar-refractivity contribution in [1.29, 1.82) is 0 Å². The van der Waals surface area contributed by atoms with Gasteiger partial charge in [-0.25, -0.2) is 8.78 Å². The highest BCUT2D eigenvalue weighted by Crippen LogP contribution is 2.67. The van der Waals surface area contributed by atoms with E-state index in [2.05, 4.69) is 17.3 Å². The van der Waals surface area contributed by atoms with E-state index in [9.17, 15) is 13.6 Å². The number of hydrogen-bond acceptors (Lipinski definition) is 2. The Labute approximate surface area is 145 Å². The first kappa shape index (κ1) is 16.2. The highest BCUT2D eigenvalue weighted by Gasteiger charge is 2.56. The van der Waals surface area contributed by atoms with E-state index in [4.69, 9.17) is 0 Å². The van der Waals surface area contributed by atoms with Crippen LogP contribution in [0.1, 0.15) is 60.1 Å². The van der Waals surface area contributed by atoms with Gasteiger partial charge in [-0.1, -0.05) is 25.1 Å². The number of benzene rings is 1. The number of aryl methyl sites for hydroxylation is 1. The zero-order valence-corrected chi connectivity index (χ0v) is 14.3. The Morgan fingerprint density at radius 3 is 2.76 bits per heavy atom. The van der Waals surface area contributed by atoms with Crippen LogP contribution in [-0.2, 0) is 7.05 Å². The molecule has 132 valence electrons. The quantitative estimate of drug-likeness (QED) is 0.866. The molecule has 2 saturated carbocycles. The third kappa shape index (κ3) is 2.94. The molecule has 0 bridgehead atoms. The van der Waals surface area contributed by atoms with E-state index in [1.165, 1.54) is 30.8 Å². The van der Waals surface area contributed by atoms with Crippen molar-refractivity contribution in [2.24, 2.45) is 18.4 Å². The molecule has 2 fully saturated rings. The van der Waals surface area contributed by atoms with Crippen molar-refractivity contribution in [1.82, 2.24) is 9.78 Å². The van der Waals surface area contributed by atoms with Crippen molar-refractivity contribution in [2.45, 2.75) is 38.5 Å². The van der Waals surface area contributed by atoms with Crippen molar-refractivity contribution in [3.63, 3.8) is 0 Å². The van der Waals surface area contributed by atoms with Gasteiger partial charge in [0.25, 0.3) is 12.3 Å². The second-order valence-electron chi connectivity index (χ2n) is 7.55. The molecule has 6 heteroatoms. The molecule has 0 spiro atoms. The van der Waals surface area contributed by atoms with Crippen LogP contribution in [0.3, 0.4) is 0 Å². The maximum atomic E-state index is 13.1. The Kier molecular flexibility index (Phi) is 3.67. The number of alkyl halides is 2. The van der Waals surface area contributed by atoms with Gasteiger partial charge in [0.2, 0.25) is 0 Å². The number of nitrogens with zero attached hydrogens (tertiary/aromatic N) is 2. The fourth-order valence-corrected chi connectivity index (χ4v) is 3.84. The molecule has 1 amide bonds. The van der Waals surface area contributed by atoms with Gasteiger partial charge in [0.15, 0.2) is 0 Å². The minimum Gasteiger partial charge on any atom is -0.322 e. The second kappa shape index (κ2) is 5.64. The lowest BCUT2D eigenvalue weighted by Crippen LogP contribution is -2.15. The fraction of sp³-hybridized carbons (Fsp3) is 0.474. The fourth-order valence-electron chi connectivity index (χ4n) is 3.84. The molecule has 1 N–H and O–H groups in total. The summed E-state index contributed by atoms with van der Waals surface area (Å²) in [5, 5.41) is 6.52. The predicted octanol–water partition coefficient (Wildman–Crippen LogP) is 4.51. The second-order valence-corrected chi connectivity index (χ2v) is 7.55. The van der Waals surface area contributed by atoms with E-state index in [0.717, 1.165) is 12.0 Å². The number of nitrogens with one attached hydrogen (secondary N) is 1. The summed E-state index contributed by atoms with van der Waals surface area (Å²) in [5.74, 6) is 0.582. The molecule has 2 aliphatic rings. The molecule has 2 aliphatic carbocycles. The number of halogens is 2. The van der Waals surface area contributed by atoms with Crippen LogP contribution in [0.15, 0.2) is 30.5 Å². The molecule has 1 aromatic carbocycles. The largest absolute Gasteiger partial charge is 0.322 e. The third-order valence-corrected chi connectivity index (χ3v) is 5.64. The molecule has 25 heavy (non-hydrogen) atoms. The molecule has 0 radical (unpaired) electrons.